The molecule has 1 atom stereocenters. The fraction of sp³-hybridized carbons (Fsp3) is 0.364. The van der Waals surface area contributed by atoms with Crippen molar-refractivity contribution in [3.63, 3.8) is 0 Å². The molecule has 0 aliphatic carbocycles. The molecule has 2 N–H and O–H groups in total. The van der Waals surface area contributed by atoms with Crippen LogP contribution in [0.1, 0.15) is 24.6 Å². The van der Waals surface area contributed by atoms with Gasteiger partial charge in [-0.3, -0.25) is 4.98 Å². The average molecular weight is 266 g/mol. The number of rotatable bonds is 1. The summed E-state index contributed by atoms with van der Waals surface area (Å²) in [7, 11) is 0. The molecule has 1 fully saturated rings. The maximum absolute atomic E-state index is 4.37. The molecule has 3 heterocycles. The number of aromatic nitrogens is 2. The highest BCUT2D eigenvalue weighted by Gasteiger charge is 2.18. The number of fused-ring (bicyclic) bond motifs is 1. The van der Waals surface area contributed by atoms with E-state index in [0.29, 0.717) is 6.04 Å². The fourth-order valence-electron chi connectivity index (χ4n) is 2.14. The van der Waals surface area contributed by atoms with Gasteiger partial charge in [0.25, 0.3) is 0 Å². The van der Waals surface area contributed by atoms with Crippen molar-refractivity contribution in [1.29, 1.82) is 0 Å². The molecule has 0 amide bonds. The van der Waals surface area contributed by atoms with E-state index in [2.05, 4.69) is 43.3 Å². The quantitative estimate of drug-likeness (QED) is 0.833. The number of halogens is 1. The molecule has 4 heteroatoms. The number of aromatic amines is 1. The third kappa shape index (κ3) is 1.68. The van der Waals surface area contributed by atoms with Crippen LogP contribution in [-0.4, -0.2) is 16.5 Å². The number of pyridine rings is 1. The van der Waals surface area contributed by atoms with Gasteiger partial charge >= 0.3 is 0 Å². The number of hydrogen-bond donors (Lipinski definition) is 2. The highest BCUT2D eigenvalue weighted by molar-refractivity contribution is 9.10. The van der Waals surface area contributed by atoms with E-state index in [9.17, 15) is 0 Å². The fourth-order valence-corrected chi connectivity index (χ4v) is 2.47. The van der Waals surface area contributed by atoms with Crippen molar-refractivity contribution in [2.75, 3.05) is 6.54 Å². The Morgan fingerprint density at radius 3 is 3.13 bits per heavy atom. The van der Waals surface area contributed by atoms with Crippen LogP contribution in [0.4, 0.5) is 0 Å². The van der Waals surface area contributed by atoms with Crippen molar-refractivity contribution in [2.45, 2.75) is 18.9 Å². The van der Waals surface area contributed by atoms with E-state index in [1.807, 2.05) is 6.20 Å². The third-order valence-electron chi connectivity index (χ3n) is 2.89. The second-order valence-corrected chi connectivity index (χ2v) is 4.88. The molecule has 1 saturated heterocycles. The Kier molecular flexibility index (Phi) is 2.25. The van der Waals surface area contributed by atoms with Gasteiger partial charge < -0.3 is 10.3 Å². The average Bonchev–Trinajstić information content (AvgIpc) is 2.84. The van der Waals surface area contributed by atoms with Crippen LogP contribution in [0.3, 0.4) is 0 Å². The predicted octanol–water partition coefficient (Wildman–Crippen LogP) is 2.75. The molecule has 3 rings (SSSR count). The van der Waals surface area contributed by atoms with Crippen LogP contribution < -0.4 is 5.32 Å². The minimum absolute atomic E-state index is 0.484. The van der Waals surface area contributed by atoms with Gasteiger partial charge in [-0.05, 0) is 47.4 Å². The molecule has 1 aliphatic rings. The van der Waals surface area contributed by atoms with E-state index in [1.165, 1.54) is 18.5 Å². The zero-order valence-electron chi connectivity index (χ0n) is 8.26. The Hall–Kier alpha value is -0.870. The van der Waals surface area contributed by atoms with E-state index < -0.39 is 0 Å². The van der Waals surface area contributed by atoms with Crippen LogP contribution in [0.25, 0.3) is 11.0 Å². The van der Waals surface area contributed by atoms with Gasteiger partial charge in [0.15, 0.2) is 0 Å². The maximum atomic E-state index is 4.37. The lowest BCUT2D eigenvalue weighted by atomic mass is 10.2. The maximum Gasteiger partial charge on any atom is 0.0883 e. The van der Waals surface area contributed by atoms with Gasteiger partial charge in [-0.2, -0.15) is 0 Å². The lowest BCUT2D eigenvalue weighted by molar-refractivity contribution is 0.633. The van der Waals surface area contributed by atoms with Gasteiger partial charge in [0.05, 0.1) is 11.0 Å². The molecule has 2 aromatic heterocycles. The first-order valence-electron chi connectivity index (χ1n) is 5.20. The van der Waals surface area contributed by atoms with Crippen molar-refractivity contribution >= 4 is 27.0 Å². The number of hydrogen-bond acceptors (Lipinski definition) is 2. The van der Waals surface area contributed by atoms with Gasteiger partial charge in [0.2, 0.25) is 0 Å². The number of nitrogens with one attached hydrogen (secondary N) is 2. The second-order valence-electron chi connectivity index (χ2n) is 3.96. The second kappa shape index (κ2) is 3.61. The largest absolute Gasteiger partial charge is 0.356 e. The summed E-state index contributed by atoms with van der Waals surface area (Å²) in [4.78, 5) is 7.79. The molecule has 78 valence electrons. The van der Waals surface area contributed by atoms with E-state index in [0.717, 1.165) is 22.1 Å². The van der Waals surface area contributed by atoms with Crippen LogP contribution in [0.5, 0.6) is 0 Å². The highest BCUT2D eigenvalue weighted by Crippen LogP contribution is 2.26. The van der Waals surface area contributed by atoms with Crippen molar-refractivity contribution < 1.29 is 0 Å². The molecule has 1 unspecified atom stereocenters. The number of nitrogens with zero attached hydrogens (tertiary/aromatic N) is 1. The third-order valence-corrected chi connectivity index (χ3v) is 3.33. The molecule has 0 saturated carbocycles. The first kappa shape index (κ1) is 9.36. The summed E-state index contributed by atoms with van der Waals surface area (Å²) in [5.41, 5.74) is 3.41. The van der Waals surface area contributed by atoms with E-state index >= 15 is 0 Å². The predicted molar refractivity (Wildman–Crippen MR) is 63.8 cm³/mol. The van der Waals surface area contributed by atoms with Crippen molar-refractivity contribution in [3.8, 4) is 0 Å². The Labute approximate surface area is 96.4 Å². The van der Waals surface area contributed by atoms with Gasteiger partial charge in [-0.15, -0.1) is 0 Å². The smallest absolute Gasteiger partial charge is 0.0883 e. The van der Waals surface area contributed by atoms with Gasteiger partial charge in [0.1, 0.15) is 0 Å². The molecule has 0 bridgehead atoms. The van der Waals surface area contributed by atoms with Crippen LogP contribution in [-0.2, 0) is 0 Å². The monoisotopic (exact) mass is 265 g/mol. The number of H-pyrrole nitrogens is 1. The molecule has 0 radical (unpaired) electrons. The summed E-state index contributed by atoms with van der Waals surface area (Å²) in [5, 5.41) is 3.48. The Morgan fingerprint density at radius 1 is 1.40 bits per heavy atom. The summed E-state index contributed by atoms with van der Waals surface area (Å²) >= 11 is 3.43. The summed E-state index contributed by atoms with van der Waals surface area (Å²) in [6.07, 6.45) is 4.31. The molecule has 0 aromatic carbocycles. The lowest BCUT2D eigenvalue weighted by Gasteiger charge is -2.05. The summed E-state index contributed by atoms with van der Waals surface area (Å²) < 4.78 is 1.02. The Morgan fingerprint density at radius 2 is 2.33 bits per heavy atom. The minimum Gasteiger partial charge on any atom is -0.356 e. The van der Waals surface area contributed by atoms with Crippen LogP contribution in [0.2, 0.25) is 0 Å². The van der Waals surface area contributed by atoms with Crippen molar-refractivity contribution in [2.24, 2.45) is 0 Å². The SMILES string of the molecule is Brc1cnc2cc(C3CCCN3)[nH]c2c1. The topological polar surface area (TPSA) is 40.7 Å². The molecule has 1 aliphatic heterocycles. The highest BCUT2D eigenvalue weighted by atomic mass is 79.9. The Bertz CT molecular complexity index is 486. The lowest BCUT2D eigenvalue weighted by Crippen LogP contribution is -2.12. The molecule has 15 heavy (non-hydrogen) atoms. The van der Waals surface area contributed by atoms with Crippen molar-refractivity contribution in [3.05, 3.63) is 28.5 Å². The molecule has 2 aromatic rings. The van der Waals surface area contributed by atoms with Gasteiger partial charge in [-0.1, -0.05) is 0 Å². The standard InChI is InChI=1S/C11H12BrN3/c12-7-4-10-9(14-6-7)5-11(15-10)8-2-1-3-13-8/h4-6,8,13,15H,1-3H2. The van der Waals surface area contributed by atoms with E-state index in [4.69, 9.17) is 0 Å². The summed E-state index contributed by atoms with van der Waals surface area (Å²) in [5.74, 6) is 0. The minimum atomic E-state index is 0.484. The van der Waals surface area contributed by atoms with E-state index in [-0.39, 0.29) is 0 Å². The molecule has 3 nitrogen and oxygen atoms in total. The summed E-state index contributed by atoms with van der Waals surface area (Å²) in [6.45, 7) is 1.12. The van der Waals surface area contributed by atoms with Crippen LogP contribution in [0.15, 0.2) is 22.8 Å². The van der Waals surface area contributed by atoms with Gasteiger partial charge in [-0.25, -0.2) is 0 Å². The zero-order valence-corrected chi connectivity index (χ0v) is 9.84. The normalized spacial score (nSPS) is 21.3. The molecular weight excluding hydrogens is 254 g/mol. The molecule has 0 spiro atoms. The van der Waals surface area contributed by atoms with Crippen LogP contribution >= 0.6 is 15.9 Å². The summed E-state index contributed by atoms with van der Waals surface area (Å²) in [6, 6.07) is 4.70. The van der Waals surface area contributed by atoms with E-state index in [1.54, 1.807) is 0 Å². The Balaban J connectivity index is 2.05. The zero-order chi connectivity index (χ0) is 10.3. The molecular formula is C11H12BrN3. The van der Waals surface area contributed by atoms with Gasteiger partial charge in [0, 0.05) is 22.4 Å². The van der Waals surface area contributed by atoms with Crippen molar-refractivity contribution in [1.82, 2.24) is 15.3 Å². The van der Waals surface area contributed by atoms with Crippen LogP contribution in [0, 0.1) is 0 Å². The first-order valence-corrected chi connectivity index (χ1v) is 6.00. The first-order chi connectivity index (χ1) is 7.33.